The third kappa shape index (κ3) is 6.33. The number of methoxy groups -OCH3 is 2. The molecule has 2 aliphatic rings. The largest absolute Gasteiger partial charge is 0.497 e. The van der Waals surface area contributed by atoms with Crippen molar-refractivity contribution in [1.29, 1.82) is 0 Å². The van der Waals surface area contributed by atoms with Gasteiger partial charge in [0.15, 0.2) is 0 Å². The predicted octanol–water partition coefficient (Wildman–Crippen LogP) is 2.75. The van der Waals surface area contributed by atoms with Gasteiger partial charge in [-0.1, -0.05) is 19.8 Å². The second-order valence-corrected chi connectivity index (χ2v) is 10.5. The molecule has 8 heteroatoms. The molecule has 0 N–H and O–H groups in total. The van der Waals surface area contributed by atoms with Crippen molar-refractivity contribution in [3.8, 4) is 11.5 Å². The van der Waals surface area contributed by atoms with E-state index in [1.165, 1.54) is 12.8 Å². The number of ether oxygens (including phenoxy) is 3. The van der Waals surface area contributed by atoms with E-state index in [9.17, 15) is 8.42 Å². The minimum atomic E-state index is -3.27. The Morgan fingerprint density at radius 2 is 1.77 bits per heavy atom. The Kier molecular flexibility index (Phi) is 8.39. The van der Waals surface area contributed by atoms with Crippen molar-refractivity contribution in [2.24, 2.45) is 5.92 Å². The number of benzene rings is 1. The molecule has 1 aromatic carbocycles. The fourth-order valence-corrected chi connectivity index (χ4v) is 6.03. The molecule has 0 radical (unpaired) electrons. The van der Waals surface area contributed by atoms with Gasteiger partial charge in [0.25, 0.3) is 0 Å². The van der Waals surface area contributed by atoms with Crippen molar-refractivity contribution < 1.29 is 22.6 Å². The van der Waals surface area contributed by atoms with E-state index >= 15 is 0 Å². The molecule has 7 nitrogen and oxygen atoms in total. The van der Waals surface area contributed by atoms with Crippen molar-refractivity contribution in [3.05, 3.63) is 23.8 Å². The van der Waals surface area contributed by atoms with Crippen molar-refractivity contribution in [3.63, 3.8) is 0 Å². The molecule has 1 saturated carbocycles. The van der Waals surface area contributed by atoms with E-state index in [2.05, 4.69) is 4.90 Å². The van der Waals surface area contributed by atoms with E-state index in [0.29, 0.717) is 45.4 Å². The Morgan fingerprint density at radius 3 is 2.40 bits per heavy atom. The number of nitrogens with zero attached hydrogens (tertiary/aromatic N) is 2. The highest BCUT2D eigenvalue weighted by atomic mass is 32.2. The van der Waals surface area contributed by atoms with Crippen LogP contribution in [0.1, 0.15) is 38.2 Å². The molecule has 2 fully saturated rings. The standard InChI is InChI=1S/C22H36N2O5S/c1-18(16-29-20-6-4-5-7-20)17-30(25,26)24-12-10-23(11-13-24)15-19-14-21(27-2)8-9-22(19)28-3/h8-9,14,18,20H,4-7,10-13,15-17H2,1-3H3/t18-/m1/s1. The molecule has 1 aliphatic heterocycles. The lowest BCUT2D eigenvalue weighted by Crippen LogP contribution is -2.49. The summed E-state index contributed by atoms with van der Waals surface area (Å²) in [5.74, 6) is 1.78. The Morgan fingerprint density at radius 1 is 1.07 bits per heavy atom. The lowest BCUT2D eigenvalue weighted by atomic mass is 10.1. The van der Waals surface area contributed by atoms with Gasteiger partial charge >= 0.3 is 0 Å². The molecule has 0 unspecified atom stereocenters. The first kappa shape index (κ1) is 23.3. The second kappa shape index (κ2) is 10.8. The first-order valence-electron chi connectivity index (χ1n) is 10.9. The van der Waals surface area contributed by atoms with Crippen molar-refractivity contribution in [1.82, 2.24) is 9.21 Å². The van der Waals surface area contributed by atoms with Crippen LogP contribution in [0.3, 0.4) is 0 Å². The average molecular weight is 441 g/mol. The van der Waals surface area contributed by atoms with E-state index in [4.69, 9.17) is 14.2 Å². The molecule has 3 rings (SSSR count). The van der Waals surface area contributed by atoms with Crippen molar-refractivity contribution >= 4 is 10.0 Å². The van der Waals surface area contributed by atoms with Crippen LogP contribution < -0.4 is 9.47 Å². The van der Waals surface area contributed by atoms with E-state index < -0.39 is 10.0 Å². The third-order valence-electron chi connectivity index (χ3n) is 6.02. The van der Waals surface area contributed by atoms with Crippen LogP contribution in [0.2, 0.25) is 0 Å². The molecule has 1 aliphatic carbocycles. The van der Waals surface area contributed by atoms with Gasteiger partial charge in [-0.3, -0.25) is 4.90 Å². The van der Waals surface area contributed by atoms with Gasteiger partial charge in [-0.15, -0.1) is 0 Å². The monoisotopic (exact) mass is 440 g/mol. The Bertz CT molecular complexity index is 772. The van der Waals surface area contributed by atoms with E-state index in [1.807, 2.05) is 25.1 Å². The molecule has 170 valence electrons. The van der Waals surface area contributed by atoms with Crippen molar-refractivity contribution in [2.75, 3.05) is 52.8 Å². The maximum Gasteiger partial charge on any atom is 0.214 e. The minimum Gasteiger partial charge on any atom is -0.497 e. The van der Waals surface area contributed by atoms with Crippen LogP contribution in [-0.4, -0.2) is 76.5 Å². The van der Waals surface area contributed by atoms with Gasteiger partial charge in [-0.25, -0.2) is 8.42 Å². The SMILES string of the molecule is COc1ccc(OC)c(CN2CCN(S(=O)(=O)C[C@H](C)COC3CCCC3)CC2)c1. The quantitative estimate of drug-likeness (QED) is 0.557. The Balaban J connectivity index is 1.48. The van der Waals surface area contributed by atoms with Gasteiger partial charge in [0, 0.05) is 38.3 Å². The van der Waals surface area contributed by atoms with Gasteiger partial charge in [0.2, 0.25) is 10.0 Å². The van der Waals surface area contributed by atoms with Crippen molar-refractivity contribution in [2.45, 2.75) is 45.3 Å². The molecule has 0 aromatic heterocycles. The van der Waals surface area contributed by atoms with Crippen LogP contribution in [0.25, 0.3) is 0 Å². The maximum atomic E-state index is 12.9. The highest BCUT2D eigenvalue weighted by Crippen LogP contribution is 2.26. The molecule has 1 saturated heterocycles. The Hall–Kier alpha value is -1.35. The smallest absolute Gasteiger partial charge is 0.214 e. The summed E-state index contributed by atoms with van der Waals surface area (Å²) >= 11 is 0. The van der Waals surface area contributed by atoms with Crippen LogP contribution in [0.15, 0.2) is 18.2 Å². The number of hydrogen-bond acceptors (Lipinski definition) is 6. The minimum absolute atomic E-state index is 0.00896. The average Bonchev–Trinajstić information content (AvgIpc) is 3.26. The molecule has 0 bridgehead atoms. The summed E-state index contributed by atoms with van der Waals surface area (Å²) in [6, 6.07) is 5.77. The fourth-order valence-electron chi connectivity index (χ4n) is 4.28. The second-order valence-electron chi connectivity index (χ2n) is 8.48. The summed E-state index contributed by atoms with van der Waals surface area (Å²) in [5.41, 5.74) is 1.05. The van der Waals surface area contributed by atoms with Gasteiger partial charge in [0.05, 0.1) is 32.7 Å². The van der Waals surface area contributed by atoms with E-state index in [-0.39, 0.29) is 11.7 Å². The van der Waals surface area contributed by atoms with Crippen LogP contribution >= 0.6 is 0 Å². The predicted molar refractivity (Wildman–Crippen MR) is 118 cm³/mol. The number of hydrogen-bond donors (Lipinski definition) is 0. The molecule has 1 atom stereocenters. The summed E-state index contributed by atoms with van der Waals surface area (Å²) in [6.45, 7) is 5.64. The number of piperazine rings is 1. The van der Waals surface area contributed by atoms with Crippen LogP contribution in [0.5, 0.6) is 11.5 Å². The summed E-state index contributed by atoms with van der Waals surface area (Å²) in [7, 11) is 0.0419. The van der Waals surface area contributed by atoms with Crippen LogP contribution in [-0.2, 0) is 21.3 Å². The topological polar surface area (TPSA) is 68.3 Å². The number of rotatable bonds is 10. The molecule has 1 heterocycles. The number of sulfonamides is 1. The first-order valence-corrected chi connectivity index (χ1v) is 12.5. The van der Waals surface area contributed by atoms with Gasteiger partial charge in [-0.05, 0) is 37.0 Å². The van der Waals surface area contributed by atoms with Gasteiger partial charge < -0.3 is 14.2 Å². The zero-order valence-electron chi connectivity index (χ0n) is 18.5. The van der Waals surface area contributed by atoms with Crippen LogP contribution in [0.4, 0.5) is 0 Å². The lowest BCUT2D eigenvalue weighted by Gasteiger charge is -2.34. The molecule has 1 aromatic rings. The summed E-state index contributed by atoms with van der Waals surface area (Å²) < 4.78 is 44.0. The summed E-state index contributed by atoms with van der Waals surface area (Å²) in [4.78, 5) is 2.26. The zero-order valence-corrected chi connectivity index (χ0v) is 19.3. The van der Waals surface area contributed by atoms with E-state index in [0.717, 1.165) is 29.9 Å². The summed E-state index contributed by atoms with van der Waals surface area (Å²) in [5, 5.41) is 0. The lowest BCUT2D eigenvalue weighted by molar-refractivity contribution is 0.0409. The van der Waals surface area contributed by atoms with Gasteiger partial charge in [0.1, 0.15) is 11.5 Å². The fraction of sp³-hybridized carbons (Fsp3) is 0.727. The van der Waals surface area contributed by atoms with E-state index in [1.54, 1.807) is 18.5 Å². The molecule has 0 spiro atoms. The zero-order chi connectivity index (χ0) is 21.6. The normalized spacial score (nSPS) is 20.4. The molecular formula is C22H36N2O5S. The molecule has 30 heavy (non-hydrogen) atoms. The Labute approximate surface area is 181 Å². The summed E-state index contributed by atoms with van der Waals surface area (Å²) in [6.07, 6.45) is 5.00. The first-order chi connectivity index (χ1) is 14.4. The molecule has 0 amide bonds. The highest BCUT2D eigenvalue weighted by molar-refractivity contribution is 7.89. The molecular weight excluding hydrogens is 404 g/mol. The highest BCUT2D eigenvalue weighted by Gasteiger charge is 2.29. The van der Waals surface area contributed by atoms with Crippen LogP contribution in [0, 0.1) is 5.92 Å². The van der Waals surface area contributed by atoms with Gasteiger partial charge in [-0.2, -0.15) is 4.31 Å². The third-order valence-corrected chi connectivity index (χ3v) is 8.16. The maximum absolute atomic E-state index is 12.9.